The minimum absolute atomic E-state index is 0.0141. The fourth-order valence-electron chi connectivity index (χ4n) is 10.2. The fraction of sp³-hybridized carbons (Fsp3) is 0.462. The molecule has 1 aliphatic carbocycles. The lowest BCUT2D eigenvalue weighted by atomic mass is 9.71. The average Bonchev–Trinajstić information content (AvgIpc) is 3.38. The van der Waals surface area contributed by atoms with E-state index in [4.69, 9.17) is 16.3 Å². The summed E-state index contributed by atoms with van der Waals surface area (Å²) >= 11 is 7.72. The highest BCUT2D eigenvalue weighted by molar-refractivity contribution is 7.99. The predicted octanol–water partition coefficient (Wildman–Crippen LogP) is 8.11. The maximum absolute atomic E-state index is 14.3. The molecule has 0 aromatic heterocycles. The van der Waals surface area contributed by atoms with E-state index in [1.54, 1.807) is 12.1 Å². The summed E-state index contributed by atoms with van der Waals surface area (Å²) < 4.78 is 104. The number of halogens is 4. The summed E-state index contributed by atoms with van der Waals surface area (Å²) in [5.41, 5.74) is -1.49. The van der Waals surface area contributed by atoms with Crippen molar-refractivity contribution in [1.29, 1.82) is 0 Å². The molecule has 0 spiro atoms. The molecule has 4 aliphatic rings. The van der Waals surface area contributed by atoms with E-state index in [2.05, 4.69) is 44.0 Å². The Balaban J connectivity index is 0.913. The Morgan fingerprint density at radius 1 is 0.824 bits per heavy atom. The van der Waals surface area contributed by atoms with Crippen LogP contribution in [-0.4, -0.2) is 169 Å². The molecule has 74 heavy (non-hydrogen) atoms. The maximum atomic E-state index is 14.3. The number of hydrogen-bond donors (Lipinski definition) is 3. The number of carboxylic acid groups (broad SMARTS) is 1. The van der Waals surface area contributed by atoms with Crippen LogP contribution in [0.3, 0.4) is 0 Å². The van der Waals surface area contributed by atoms with Crippen molar-refractivity contribution in [3.8, 4) is 0 Å². The predicted molar refractivity (Wildman–Crippen MR) is 282 cm³/mol. The number of benzene rings is 4. The van der Waals surface area contributed by atoms with E-state index in [0.717, 1.165) is 73.7 Å². The number of carbonyl (C=O) groups excluding carboxylic acids is 1. The number of rotatable bonds is 18. The zero-order valence-corrected chi connectivity index (χ0v) is 44.4. The van der Waals surface area contributed by atoms with Gasteiger partial charge in [-0.25, -0.2) is 26.4 Å². The van der Waals surface area contributed by atoms with Crippen molar-refractivity contribution in [2.75, 3.05) is 114 Å². The number of sulfonamides is 1. The Bertz CT molecular complexity index is 2850. The van der Waals surface area contributed by atoms with Crippen LogP contribution in [0.2, 0.25) is 5.02 Å². The van der Waals surface area contributed by atoms with Gasteiger partial charge in [-0.3, -0.25) is 19.5 Å². The molecule has 3 aliphatic heterocycles. The number of ether oxygens (including phenoxy) is 1. The van der Waals surface area contributed by atoms with Gasteiger partial charge in [0.1, 0.15) is 4.90 Å². The van der Waals surface area contributed by atoms with Gasteiger partial charge in [0.2, 0.25) is 0 Å². The van der Waals surface area contributed by atoms with E-state index in [0.29, 0.717) is 95.4 Å². The Kier molecular flexibility index (Phi) is 17.9. The number of carbonyl (C=O) groups is 2. The van der Waals surface area contributed by atoms with Gasteiger partial charge in [0, 0.05) is 118 Å². The molecule has 0 saturated carbocycles. The molecule has 4 aromatic rings. The molecule has 1 unspecified atom stereocenters. The highest BCUT2D eigenvalue weighted by atomic mass is 35.5. The van der Waals surface area contributed by atoms with Crippen LogP contribution in [0.25, 0.3) is 5.57 Å². The average molecular weight is 1100 g/mol. The van der Waals surface area contributed by atoms with Crippen LogP contribution in [-0.2, 0) is 24.6 Å². The second-order valence-electron chi connectivity index (χ2n) is 19.7. The normalized spacial score (nSPS) is 20.3. The molecule has 400 valence electrons. The molecule has 15 nitrogen and oxygen atoms in total. The quantitative estimate of drug-likeness (QED) is 0.0817. The summed E-state index contributed by atoms with van der Waals surface area (Å²) in [6, 6.07) is 25.6. The molecule has 2 amide bonds. The topological polar surface area (TPSA) is 172 Å². The summed E-state index contributed by atoms with van der Waals surface area (Å²) in [5.74, 6) is -0.688. The standard InChI is InChI=1S/C52H63ClF3N7O8S3/c1-51(37-61-23-27-63(28-24-61)50(65)66)19-17-46(38-7-11-41(53)12-8-38)40(34-51)35-60-21-25-62(26-22-60)43-13-9-39(10-14-43)49(64)58-74(69,70)45-15-16-47(48(33-45)73(67,68)52(54,55)56)57-42(18-20-59-29-31-71-32-30-59)36-72-44-5-3-2-4-6-44/h2-16,33,42,57H,17-32,34-37H2,1H3,(H,58,64)(H,65,66)/t42-,51?/m1/s1. The van der Waals surface area contributed by atoms with Crippen LogP contribution in [0.15, 0.2) is 117 Å². The van der Waals surface area contributed by atoms with E-state index >= 15 is 0 Å². The van der Waals surface area contributed by atoms with E-state index in [9.17, 15) is 44.7 Å². The highest BCUT2D eigenvalue weighted by Crippen LogP contribution is 2.44. The Labute approximate surface area is 441 Å². The number of sulfone groups is 1. The van der Waals surface area contributed by atoms with Crippen LogP contribution in [0.4, 0.5) is 29.3 Å². The largest absolute Gasteiger partial charge is 0.501 e. The van der Waals surface area contributed by atoms with Gasteiger partial charge in [0.15, 0.2) is 0 Å². The first-order chi connectivity index (χ1) is 35.2. The third-order valence-corrected chi connectivity index (χ3v) is 18.6. The first kappa shape index (κ1) is 55.4. The number of morpholine rings is 1. The molecule has 0 radical (unpaired) electrons. The number of hydrogen-bond acceptors (Lipinski definition) is 13. The van der Waals surface area contributed by atoms with Gasteiger partial charge in [0.25, 0.3) is 25.8 Å². The molecule has 0 bridgehead atoms. The number of alkyl halides is 3. The zero-order chi connectivity index (χ0) is 52.7. The number of thioether (sulfide) groups is 1. The van der Waals surface area contributed by atoms with E-state index in [1.807, 2.05) is 47.2 Å². The molecule has 3 fully saturated rings. The van der Waals surface area contributed by atoms with Crippen molar-refractivity contribution >= 4 is 72.2 Å². The fourth-order valence-corrected chi connectivity index (χ4v) is 13.3. The van der Waals surface area contributed by atoms with Gasteiger partial charge < -0.3 is 25.0 Å². The van der Waals surface area contributed by atoms with Gasteiger partial charge in [-0.2, -0.15) is 13.2 Å². The SMILES string of the molecule is CC1(CN2CCN(C(=O)O)CC2)CCC(c2ccc(Cl)cc2)=C(CN2CCN(c3ccc(C(=O)NS(=O)(=O)c4ccc(N[C@H](CCN5CCOCC5)CSc5ccccc5)c(S(=O)(=O)C(F)(F)F)c4)cc3)CC2)C1. The van der Waals surface area contributed by atoms with Gasteiger partial charge in [0.05, 0.1) is 23.8 Å². The first-order valence-electron chi connectivity index (χ1n) is 24.8. The number of nitrogens with zero attached hydrogens (tertiary/aromatic N) is 5. The first-order valence-corrected chi connectivity index (χ1v) is 29.1. The number of nitrogens with one attached hydrogen (secondary N) is 2. The van der Waals surface area contributed by atoms with Crippen LogP contribution >= 0.6 is 23.4 Å². The van der Waals surface area contributed by atoms with E-state index in [1.165, 1.54) is 39.9 Å². The van der Waals surface area contributed by atoms with Crippen LogP contribution in [0.1, 0.15) is 48.5 Å². The van der Waals surface area contributed by atoms with Crippen molar-refractivity contribution in [2.24, 2.45) is 5.41 Å². The Hall–Kier alpha value is -4.87. The minimum atomic E-state index is -6.08. The van der Waals surface area contributed by atoms with Crippen molar-refractivity contribution < 1.29 is 49.4 Å². The number of anilines is 2. The molecule has 22 heteroatoms. The summed E-state index contributed by atoms with van der Waals surface area (Å²) in [5, 5.41) is 13.1. The molecule has 3 heterocycles. The molecule has 8 rings (SSSR count). The van der Waals surface area contributed by atoms with Crippen molar-refractivity contribution in [1.82, 2.24) is 24.3 Å². The summed E-state index contributed by atoms with van der Waals surface area (Å²) in [6.07, 6.45) is 2.39. The number of allylic oxidation sites excluding steroid dienone is 1. The van der Waals surface area contributed by atoms with Crippen LogP contribution in [0.5, 0.6) is 0 Å². The lowest BCUT2D eigenvalue weighted by Crippen LogP contribution is -2.51. The molecule has 3 N–H and O–H groups in total. The monoisotopic (exact) mass is 1100 g/mol. The van der Waals surface area contributed by atoms with Gasteiger partial charge in [-0.1, -0.05) is 54.4 Å². The Morgan fingerprint density at radius 2 is 1.49 bits per heavy atom. The lowest BCUT2D eigenvalue weighted by Gasteiger charge is -2.44. The summed E-state index contributed by atoms with van der Waals surface area (Å²) in [6.45, 7) is 12.3. The number of piperazine rings is 2. The maximum Gasteiger partial charge on any atom is 0.501 e. The van der Waals surface area contributed by atoms with E-state index < -0.39 is 58.9 Å². The van der Waals surface area contributed by atoms with Gasteiger partial charge >= 0.3 is 11.6 Å². The van der Waals surface area contributed by atoms with Crippen molar-refractivity contribution in [2.45, 2.75) is 58.8 Å². The van der Waals surface area contributed by atoms with Crippen molar-refractivity contribution in [3.63, 3.8) is 0 Å². The van der Waals surface area contributed by atoms with Gasteiger partial charge in [-0.15, -0.1) is 11.8 Å². The highest BCUT2D eigenvalue weighted by Gasteiger charge is 2.48. The minimum Gasteiger partial charge on any atom is -0.465 e. The van der Waals surface area contributed by atoms with Crippen molar-refractivity contribution in [3.05, 3.63) is 119 Å². The zero-order valence-electron chi connectivity index (χ0n) is 41.2. The molecular weight excluding hydrogens is 1040 g/mol. The molecule has 2 atom stereocenters. The van der Waals surface area contributed by atoms with Crippen LogP contribution in [0, 0.1) is 5.41 Å². The second kappa shape index (κ2) is 24.0. The number of amides is 2. The third-order valence-electron chi connectivity index (χ3n) is 14.3. The lowest BCUT2D eigenvalue weighted by molar-refractivity contribution is -0.0436. The molecule has 3 saturated heterocycles. The van der Waals surface area contributed by atoms with Gasteiger partial charge in [-0.05, 0) is 109 Å². The second-order valence-corrected chi connectivity index (χ2v) is 24.8. The summed E-state index contributed by atoms with van der Waals surface area (Å²) in [7, 11) is -11.0. The Morgan fingerprint density at radius 3 is 2.14 bits per heavy atom. The molecule has 4 aromatic carbocycles. The van der Waals surface area contributed by atoms with Crippen LogP contribution < -0.4 is 14.9 Å². The third kappa shape index (κ3) is 14.1. The smallest absolute Gasteiger partial charge is 0.465 e. The molecular formula is C52H63ClF3N7O8S3. The van der Waals surface area contributed by atoms with E-state index in [-0.39, 0.29) is 11.0 Å². The summed E-state index contributed by atoms with van der Waals surface area (Å²) in [4.78, 5) is 34.4.